The molecule has 32 heavy (non-hydrogen) atoms. The number of nitro groups is 1. The summed E-state index contributed by atoms with van der Waals surface area (Å²) in [5.74, 6) is -0.437. The van der Waals surface area contributed by atoms with Crippen molar-refractivity contribution in [2.75, 3.05) is 19.7 Å². The zero-order chi connectivity index (χ0) is 23.1. The highest BCUT2D eigenvalue weighted by Gasteiger charge is 2.29. The first-order chi connectivity index (χ1) is 15.4. The van der Waals surface area contributed by atoms with Gasteiger partial charge in [0.15, 0.2) is 11.9 Å². The Labute approximate surface area is 187 Å². The minimum atomic E-state index is -0.973. The van der Waals surface area contributed by atoms with Gasteiger partial charge in [-0.1, -0.05) is 30.3 Å². The van der Waals surface area contributed by atoms with Gasteiger partial charge in [-0.3, -0.25) is 14.9 Å². The number of piperidine rings is 1. The third kappa shape index (κ3) is 5.84. The molecule has 3 rings (SSSR count). The van der Waals surface area contributed by atoms with Crippen molar-refractivity contribution < 1.29 is 24.0 Å². The number of hydrogen-bond acceptors (Lipinski definition) is 6. The number of benzene rings is 2. The SMILES string of the molecule is CCOc1ccc(C(=O)OC(C)C(=O)N2CCC(Cc3ccccc3)CC2)cc1[N+](=O)[O-]. The van der Waals surface area contributed by atoms with E-state index >= 15 is 0 Å². The highest BCUT2D eigenvalue weighted by molar-refractivity contribution is 5.93. The third-order valence-electron chi connectivity index (χ3n) is 5.62. The molecule has 0 N–H and O–H groups in total. The normalized spacial score (nSPS) is 15.1. The van der Waals surface area contributed by atoms with Crippen molar-refractivity contribution in [1.82, 2.24) is 4.90 Å². The molecule has 0 aliphatic carbocycles. The summed E-state index contributed by atoms with van der Waals surface area (Å²) >= 11 is 0. The number of esters is 1. The molecule has 2 aromatic rings. The molecular weight excluding hydrogens is 412 g/mol. The Morgan fingerprint density at radius 1 is 1.16 bits per heavy atom. The summed E-state index contributed by atoms with van der Waals surface area (Å²) in [6.07, 6.45) is 1.81. The number of carbonyl (C=O) groups excluding carboxylic acids is 2. The second-order valence-corrected chi connectivity index (χ2v) is 7.88. The lowest BCUT2D eigenvalue weighted by atomic mass is 9.90. The number of carbonyl (C=O) groups is 2. The van der Waals surface area contributed by atoms with Gasteiger partial charge in [-0.2, -0.15) is 0 Å². The Balaban J connectivity index is 1.55. The van der Waals surface area contributed by atoms with Crippen LogP contribution in [0.4, 0.5) is 5.69 Å². The van der Waals surface area contributed by atoms with E-state index in [1.807, 2.05) is 18.2 Å². The lowest BCUT2D eigenvalue weighted by molar-refractivity contribution is -0.385. The molecule has 0 saturated carbocycles. The van der Waals surface area contributed by atoms with Gasteiger partial charge >= 0.3 is 11.7 Å². The number of likely N-dealkylation sites (tertiary alicyclic amines) is 1. The molecular formula is C24H28N2O6. The molecule has 8 nitrogen and oxygen atoms in total. The van der Waals surface area contributed by atoms with Crippen LogP contribution in [0.25, 0.3) is 0 Å². The van der Waals surface area contributed by atoms with Crippen LogP contribution in [0, 0.1) is 16.0 Å². The van der Waals surface area contributed by atoms with Gasteiger partial charge in [0, 0.05) is 19.2 Å². The molecule has 1 heterocycles. The predicted molar refractivity (Wildman–Crippen MR) is 119 cm³/mol. The van der Waals surface area contributed by atoms with Crippen molar-refractivity contribution >= 4 is 17.6 Å². The Morgan fingerprint density at radius 2 is 1.84 bits per heavy atom. The standard InChI is InChI=1S/C24H28N2O6/c1-3-31-22-10-9-20(16-21(22)26(29)30)24(28)32-17(2)23(27)25-13-11-19(12-14-25)15-18-7-5-4-6-8-18/h4-10,16-17,19H,3,11-15H2,1-2H3. The number of nitrogens with zero attached hydrogens (tertiary/aromatic N) is 2. The van der Waals surface area contributed by atoms with E-state index in [0.717, 1.165) is 25.3 Å². The van der Waals surface area contributed by atoms with Crippen LogP contribution in [0.15, 0.2) is 48.5 Å². The summed E-state index contributed by atoms with van der Waals surface area (Å²) in [5, 5.41) is 11.3. The van der Waals surface area contributed by atoms with Crippen molar-refractivity contribution in [2.45, 2.75) is 39.2 Å². The van der Waals surface area contributed by atoms with Gasteiger partial charge in [0.2, 0.25) is 0 Å². The first kappa shape index (κ1) is 23.2. The van der Waals surface area contributed by atoms with Crippen molar-refractivity contribution in [3.05, 3.63) is 69.8 Å². The maximum Gasteiger partial charge on any atom is 0.339 e. The van der Waals surface area contributed by atoms with E-state index in [4.69, 9.17) is 9.47 Å². The lowest BCUT2D eigenvalue weighted by Gasteiger charge is -2.33. The Morgan fingerprint density at radius 3 is 2.47 bits per heavy atom. The summed E-state index contributed by atoms with van der Waals surface area (Å²) in [6.45, 7) is 4.74. The van der Waals surface area contributed by atoms with Gasteiger partial charge in [0.25, 0.3) is 5.91 Å². The molecule has 1 saturated heterocycles. The summed E-state index contributed by atoms with van der Waals surface area (Å²) < 4.78 is 10.5. The van der Waals surface area contributed by atoms with Gasteiger partial charge in [0.1, 0.15) is 0 Å². The van der Waals surface area contributed by atoms with E-state index in [1.165, 1.54) is 24.6 Å². The molecule has 0 radical (unpaired) electrons. The predicted octanol–water partition coefficient (Wildman–Crippen LogP) is 4.02. The fourth-order valence-electron chi connectivity index (χ4n) is 3.91. The number of rotatable bonds is 8. The van der Waals surface area contributed by atoms with E-state index < -0.39 is 17.0 Å². The summed E-state index contributed by atoms with van der Waals surface area (Å²) in [7, 11) is 0. The number of ether oxygens (including phenoxy) is 2. The van der Waals surface area contributed by atoms with Crippen molar-refractivity contribution in [2.24, 2.45) is 5.92 Å². The topological polar surface area (TPSA) is 99.0 Å². The van der Waals surface area contributed by atoms with Crippen LogP contribution < -0.4 is 4.74 Å². The van der Waals surface area contributed by atoms with E-state index in [2.05, 4.69) is 12.1 Å². The zero-order valence-electron chi connectivity index (χ0n) is 18.4. The summed E-state index contributed by atoms with van der Waals surface area (Å²) in [5.41, 5.74) is 0.978. The summed E-state index contributed by atoms with van der Waals surface area (Å²) in [6, 6.07) is 14.2. The van der Waals surface area contributed by atoms with E-state index in [9.17, 15) is 19.7 Å². The molecule has 170 valence electrons. The first-order valence-electron chi connectivity index (χ1n) is 10.8. The van der Waals surface area contributed by atoms with Crippen molar-refractivity contribution in [1.29, 1.82) is 0 Å². The lowest BCUT2D eigenvalue weighted by Crippen LogP contribution is -2.44. The van der Waals surface area contributed by atoms with E-state index in [0.29, 0.717) is 19.0 Å². The fourth-order valence-corrected chi connectivity index (χ4v) is 3.91. The molecule has 1 amide bonds. The zero-order valence-corrected chi connectivity index (χ0v) is 18.4. The Bertz CT molecular complexity index is 954. The first-order valence-corrected chi connectivity index (χ1v) is 10.8. The molecule has 0 aromatic heterocycles. The maximum absolute atomic E-state index is 12.8. The van der Waals surface area contributed by atoms with Crippen molar-refractivity contribution in [3.8, 4) is 5.75 Å². The molecule has 1 aliphatic rings. The average molecular weight is 440 g/mol. The molecule has 1 unspecified atom stereocenters. The van der Waals surface area contributed by atoms with Gasteiger partial charge in [0.05, 0.1) is 17.1 Å². The quantitative estimate of drug-likeness (QED) is 0.349. The fraction of sp³-hybridized carbons (Fsp3) is 0.417. The molecule has 0 spiro atoms. The smallest absolute Gasteiger partial charge is 0.339 e. The van der Waals surface area contributed by atoms with Gasteiger partial charge in [-0.15, -0.1) is 0 Å². The molecule has 1 atom stereocenters. The minimum Gasteiger partial charge on any atom is -0.487 e. The number of amides is 1. The molecule has 1 aliphatic heterocycles. The minimum absolute atomic E-state index is 0.00127. The second-order valence-electron chi connectivity index (χ2n) is 7.88. The summed E-state index contributed by atoms with van der Waals surface area (Å²) in [4.78, 5) is 37.6. The highest BCUT2D eigenvalue weighted by Crippen LogP contribution is 2.28. The molecule has 2 aromatic carbocycles. The van der Waals surface area contributed by atoms with Crippen LogP contribution in [0.3, 0.4) is 0 Å². The van der Waals surface area contributed by atoms with E-state index in [-0.39, 0.29) is 29.5 Å². The van der Waals surface area contributed by atoms with Gasteiger partial charge in [-0.25, -0.2) is 4.79 Å². The van der Waals surface area contributed by atoms with Crippen LogP contribution in [0.5, 0.6) is 5.75 Å². The Kier molecular flexibility index (Phi) is 7.81. The number of nitro benzene ring substituents is 1. The highest BCUT2D eigenvalue weighted by atomic mass is 16.6. The largest absolute Gasteiger partial charge is 0.487 e. The van der Waals surface area contributed by atoms with Crippen LogP contribution in [-0.2, 0) is 16.0 Å². The second kappa shape index (κ2) is 10.7. The molecule has 8 heteroatoms. The molecule has 1 fully saturated rings. The Hall–Kier alpha value is -3.42. The third-order valence-corrected chi connectivity index (χ3v) is 5.62. The monoisotopic (exact) mass is 440 g/mol. The average Bonchev–Trinajstić information content (AvgIpc) is 2.80. The van der Waals surface area contributed by atoms with Crippen LogP contribution in [-0.4, -0.2) is 47.5 Å². The van der Waals surface area contributed by atoms with Gasteiger partial charge < -0.3 is 14.4 Å². The number of hydrogen-bond donors (Lipinski definition) is 0. The van der Waals surface area contributed by atoms with Crippen molar-refractivity contribution in [3.63, 3.8) is 0 Å². The van der Waals surface area contributed by atoms with Crippen LogP contribution >= 0.6 is 0 Å². The van der Waals surface area contributed by atoms with Crippen LogP contribution in [0.2, 0.25) is 0 Å². The van der Waals surface area contributed by atoms with Gasteiger partial charge in [-0.05, 0) is 56.7 Å². The van der Waals surface area contributed by atoms with E-state index in [1.54, 1.807) is 11.8 Å². The maximum atomic E-state index is 12.8. The van der Waals surface area contributed by atoms with Crippen LogP contribution in [0.1, 0.15) is 42.6 Å². The molecule has 0 bridgehead atoms.